The van der Waals surface area contributed by atoms with Crippen LogP contribution in [0.25, 0.3) is 11.2 Å². The van der Waals surface area contributed by atoms with Crippen molar-refractivity contribution in [1.82, 2.24) is 23.6 Å². The molecule has 1 amide bonds. The zero-order valence-corrected chi connectivity index (χ0v) is 19.7. The fraction of sp³-hybridized carbons (Fsp3) is 0.455. The Bertz CT molecular complexity index is 1310. The highest BCUT2D eigenvalue weighted by Crippen LogP contribution is 2.31. The van der Waals surface area contributed by atoms with Gasteiger partial charge in [0.2, 0.25) is 11.9 Å². The summed E-state index contributed by atoms with van der Waals surface area (Å²) < 4.78 is 5.42. The number of halogens is 1. The number of imidazole rings is 1. The largest absolute Gasteiger partial charge is 0.339 e. The predicted octanol–water partition coefficient (Wildman–Crippen LogP) is 1.30. The summed E-state index contributed by atoms with van der Waals surface area (Å²) in [5.41, 5.74) is 1.04. The maximum absolute atomic E-state index is 13.1. The lowest BCUT2D eigenvalue weighted by molar-refractivity contribution is -0.132. The number of nitrogens with zero attached hydrogens (tertiary/aromatic N) is 6. The highest BCUT2D eigenvalue weighted by atomic mass is 79.9. The molecule has 1 aromatic carbocycles. The standard InChI is InChI=1S/C22H25BrN6O3/c1-25-18-17(20(31)26(2)22(25)32)29(13-14-3-7-16(23)8-4-14)21(24-18)28-11-9-27(10-12-28)19(30)15-5-6-15/h3-4,7-8,15H,5-6,9-13H2,1-2H3. The highest BCUT2D eigenvalue weighted by Gasteiger charge is 2.35. The third-order valence-electron chi connectivity index (χ3n) is 6.38. The summed E-state index contributed by atoms with van der Waals surface area (Å²) in [7, 11) is 3.13. The van der Waals surface area contributed by atoms with Gasteiger partial charge in [-0.1, -0.05) is 28.1 Å². The molecule has 0 unspecified atom stereocenters. The second kappa shape index (κ2) is 7.91. The fourth-order valence-corrected chi connectivity index (χ4v) is 4.58. The topological polar surface area (TPSA) is 85.4 Å². The van der Waals surface area contributed by atoms with Crippen molar-refractivity contribution in [3.8, 4) is 0 Å². The Hall–Kier alpha value is -2.88. The van der Waals surface area contributed by atoms with Gasteiger partial charge in [0, 0.05) is 50.7 Å². The van der Waals surface area contributed by atoms with Gasteiger partial charge in [0.15, 0.2) is 11.2 Å². The summed E-state index contributed by atoms with van der Waals surface area (Å²) in [5.74, 6) is 1.12. The molecule has 10 heteroatoms. The van der Waals surface area contributed by atoms with E-state index in [0.29, 0.717) is 49.8 Å². The molecule has 0 spiro atoms. The predicted molar refractivity (Wildman–Crippen MR) is 125 cm³/mol. The second-order valence-electron chi connectivity index (χ2n) is 8.59. The average molecular weight is 501 g/mol. The molecule has 0 radical (unpaired) electrons. The summed E-state index contributed by atoms with van der Waals surface area (Å²) in [6, 6.07) is 7.92. The first-order chi connectivity index (χ1) is 15.3. The molecule has 1 saturated heterocycles. The Labute approximate surface area is 193 Å². The Balaban J connectivity index is 1.56. The van der Waals surface area contributed by atoms with Crippen LogP contribution in [0, 0.1) is 5.92 Å². The van der Waals surface area contributed by atoms with Crippen LogP contribution in [-0.4, -0.2) is 55.7 Å². The molecular formula is C22H25BrN6O3. The number of carbonyl (C=O) groups is 1. The van der Waals surface area contributed by atoms with Gasteiger partial charge in [-0.25, -0.2) is 4.79 Å². The third kappa shape index (κ3) is 3.56. The minimum Gasteiger partial charge on any atom is -0.339 e. The lowest BCUT2D eigenvalue weighted by Gasteiger charge is -2.35. The molecule has 1 saturated carbocycles. The van der Waals surface area contributed by atoms with Crippen molar-refractivity contribution in [2.45, 2.75) is 19.4 Å². The van der Waals surface area contributed by atoms with Gasteiger partial charge in [0.25, 0.3) is 5.56 Å². The van der Waals surface area contributed by atoms with Gasteiger partial charge in [-0.15, -0.1) is 0 Å². The Morgan fingerprint density at radius 3 is 2.31 bits per heavy atom. The lowest BCUT2D eigenvalue weighted by Crippen LogP contribution is -2.50. The number of amides is 1. The van der Waals surface area contributed by atoms with Crippen LogP contribution < -0.4 is 16.1 Å². The van der Waals surface area contributed by atoms with E-state index in [2.05, 4.69) is 20.8 Å². The number of fused-ring (bicyclic) bond motifs is 1. The number of benzene rings is 1. The number of rotatable bonds is 4. The minimum atomic E-state index is -0.401. The molecule has 2 aromatic heterocycles. The van der Waals surface area contributed by atoms with Crippen LogP contribution in [0.3, 0.4) is 0 Å². The SMILES string of the molecule is Cn1c(=O)c2c(nc(N3CCN(C(=O)C4CC4)CC3)n2Cc2ccc(Br)cc2)n(C)c1=O. The van der Waals surface area contributed by atoms with E-state index in [4.69, 9.17) is 4.98 Å². The van der Waals surface area contributed by atoms with Gasteiger partial charge in [0.05, 0.1) is 6.54 Å². The molecule has 1 aliphatic carbocycles. The molecule has 168 valence electrons. The molecule has 3 heterocycles. The number of aromatic nitrogens is 4. The summed E-state index contributed by atoms with van der Waals surface area (Å²) in [6.07, 6.45) is 2.00. The van der Waals surface area contributed by atoms with Gasteiger partial charge < -0.3 is 9.80 Å². The molecule has 0 atom stereocenters. The number of carbonyl (C=O) groups excluding carboxylic acids is 1. The molecular weight excluding hydrogens is 476 g/mol. The fourth-order valence-electron chi connectivity index (χ4n) is 4.31. The molecule has 9 nitrogen and oxygen atoms in total. The molecule has 5 rings (SSSR count). The number of hydrogen-bond acceptors (Lipinski definition) is 5. The maximum Gasteiger partial charge on any atom is 0.332 e. The number of hydrogen-bond donors (Lipinski definition) is 0. The summed E-state index contributed by atoms with van der Waals surface area (Å²) in [6.45, 7) is 2.99. The van der Waals surface area contributed by atoms with Gasteiger partial charge in [-0.3, -0.25) is 23.3 Å². The number of aryl methyl sites for hydroxylation is 1. The van der Waals surface area contributed by atoms with Crippen LogP contribution in [0.4, 0.5) is 5.95 Å². The molecule has 32 heavy (non-hydrogen) atoms. The van der Waals surface area contributed by atoms with Crippen molar-refractivity contribution in [3.63, 3.8) is 0 Å². The maximum atomic E-state index is 13.1. The molecule has 1 aliphatic heterocycles. The monoisotopic (exact) mass is 500 g/mol. The molecule has 2 aliphatic rings. The van der Waals surface area contributed by atoms with E-state index in [1.807, 2.05) is 33.7 Å². The van der Waals surface area contributed by atoms with Crippen LogP contribution >= 0.6 is 15.9 Å². The summed E-state index contributed by atoms with van der Waals surface area (Å²) in [4.78, 5) is 46.8. The molecule has 2 fully saturated rings. The molecule has 0 bridgehead atoms. The first kappa shape index (κ1) is 21.0. The third-order valence-corrected chi connectivity index (χ3v) is 6.91. The van der Waals surface area contributed by atoms with Crippen molar-refractivity contribution in [2.24, 2.45) is 20.0 Å². The quantitative estimate of drug-likeness (QED) is 0.538. The van der Waals surface area contributed by atoms with Crippen molar-refractivity contribution >= 4 is 38.9 Å². The van der Waals surface area contributed by atoms with E-state index in [1.54, 1.807) is 7.05 Å². The van der Waals surface area contributed by atoms with Crippen molar-refractivity contribution < 1.29 is 4.79 Å². The van der Waals surface area contributed by atoms with Gasteiger partial charge >= 0.3 is 5.69 Å². The van der Waals surface area contributed by atoms with Gasteiger partial charge in [-0.2, -0.15) is 4.98 Å². The zero-order valence-electron chi connectivity index (χ0n) is 18.1. The van der Waals surface area contributed by atoms with Gasteiger partial charge in [-0.05, 0) is 30.5 Å². The molecule has 0 N–H and O–H groups in total. The van der Waals surface area contributed by atoms with Crippen molar-refractivity contribution in [1.29, 1.82) is 0 Å². The highest BCUT2D eigenvalue weighted by molar-refractivity contribution is 9.10. The number of anilines is 1. The van der Waals surface area contributed by atoms with Crippen LogP contribution in [0.15, 0.2) is 38.3 Å². The smallest absolute Gasteiger partial charge is 0.332 e. The summed E-state index contributed by atoms with van der Waals surface area (Å²) in [5, 5.41) is 0. The second-order valence-corrected chi connectivity index (χ2v) is 9.50. The van der Waals surface area contributed by atoms with E-state index in [-0.39, 0.29) is 17.4 Å². The first-order valence-corrected chi connectivity index (χ1v) is 11.6. The molecule has 3 aromatic rings. The zero-order chi connectivity index (χ0) is 22.6. The number of piperazine rings is 1. The van der Waals surface area contributed by atoms with E-state index >= 15 is 0 Å². The van der Waals surface area contributed by atoms with Crippen molar-refractivity contribution in [3.05, 3.63) is 55.1 Å². The van der Waals surface area contributed by atoms with Crippen LogP contribution in [0.1, 0.15) is 18.4 Å². The normalized spacial score (nSPS) is 16.7. The van der Waals surface area contributed by atoms with Crippen molar-refractivity contribution in [2.75, 3.05) is 31.1 Å². The van der Waals surface area contributed by atoms with E-state index in [0.717, 1.165) is 27.4 Å². The average Bonchev–Trinajstić information content (AvgIpc) is 3.59. The lowest BCUT2D eigenvalue weighted by atomic mass is 10.2. The van der Waals surface area contributed by atoms with Crippen LogP contribution in [0.2, 0.25) is 0 Å². The van der Waals surface area contributed by atoms with E-state index in [1.165, 1.54) is 11.6 Å². The summed E-state index contributed by atoms with van der Waals surface area (Å²) >= 11 is 3.46. The van der Waals surface area contributed by atoms with Crippen LogP contribution in [-0.2, 0) is 25.4 Å². The minimum absolute atomic E-state index is 0.209. The van der Waals surface area contributed by atoms with E-state index in [9.17, 15) is 14.4 Å². The Morgan fingerprint density at radius 1 is 1.03 bits per heavy atom. The van der Waals surface area contributed by atoms with E-state index < -0.39 is 5.69 Å². The first-order valence-electron chi connectivity index (χ1n) is 10.8. The van der Waals surface area contributed by atoms with Crippen LogP contribution in [0.5, 0.6) is 0 Å². The Kier molecular flexibility index (Phi) is 5.19. The Morgan fingerprint density at radius 2 is 1.69 bits per heavy atom. The van der Waals surface area contributed by atoms with Gasteiger partial charge in [0.1, 0.15) is 0 Å².